The van der Waals surface area contributed by atoms with Gasteiger partial charge in [0.05, 0.1) is 5.02 Å². The summed E-state index contributed by atoms with van der Waals surface area (Å²) in [7, 11) is 0. The van der Waals surface area contributed by atoms with E-state index < -0.39 is 5.82 Å². The van der Waals surface area contributed by atoms with Crippen LogP contribution in [0, 0.1) is 5.82 Å². The summed E-state index contributed by atoms with van der Waals surface area (Å²) < 4.78 is 13.7. The van der Waals surface area contributed by atoms with E-state index in [2.05, 4.69) is 10.6 Å². The van der Waals surface area contributed by atoms with Gasteiger partial charge in [-0.05, 0) is 30.3 Å². The van der Waals surface area contributed by atoms with Crippen LogP contribution < -0.4 is 10.6 Å². The van der Waals surface area contributed by atoms with Gasteiger partial charge < -0.3 is 10.6 Å². The Morgan fingerprint density at radius 3 is 2.48 bits per heavy atom. The van der Waals surface area contributed by atoms with Crippen molar-refractivity contribution >= 4 is 28.9 Å². The number of carbonyl (C=O) groups excluding carboxylic acids is 1. The van der Waals surface area contributed by atoms with E-state index in [1.54, 1.807) is 31.2 Å². The van der Waals surface area contributed by atoms with Gasteiger partial charge in [0.1, 0.15) is 5.82 Å². The van der Waals surface area contributed by atoms with E-state index in [1.807, 2.05) is 12.1 Å². The Morgan fingerprint density at radius 2 is 1.81 bits per heavy atom. The lowest BCUT2D eigenvalue weighted by atomic mass is 10.2. The predicted molar refractivity (Wildman–Crippen MR) is 84.1 cm³/mol. The number of rotatable bonds is 5. The van der Waals surface area contributed by atoms with E-state index >= 15 is 0 Å². The van der Waals surface area contributed by atoms with Gasteiger partial charge in [0.25, 0.3) is 0 Å². The lowest BCUT2D eigenvalue weighted by Crippen LogP contribution is -2.09. The molecule has 2 N–H and O–H groups in total. The van der Waals surface area contributed by atoms with E-state index in [9.17, 15) is 9.18 Å². The molecule has 0 aliphatic carbocycles. The molecular formula is C16H16ClFN2O. The van der Waals surface area contributed by atoms with Crippen LogP contribution in [0.2, 0.25) is 5.02 Å². The van der Waals surface area contributed by atoms with Crippen molar-refractivity contribution in [1.29, 1.82) is 0 Å². The molecule has 0 aliphatic rings. The lowest BCUT2D eigenvalue weighted by Gasteiger charge is -2.09. The summed E-state index contributed by atoms with van der Waals surface area (Å²) in [5, 5.41) is 5.99. The first kappa shape index (κ1) is 15.3. The molecule has 0 heterocycles. The van der Waals surface area contributed by atoms with Crippen molar-refractivity contribution in [3.05, 3.63) is 58.9 Å². The van der Waals surface area contributed by atoms with Crippen LogP contribution in [0.25, 0.3) is 0 Å². The minimum atomic E-state index is -0.404. The summed E-state index contributed by atoms with van der Waals surface area (Å²) in [4.78, 5) is 11.3. The molecule has 2 aromatic carbocycles. The highest BCUT2D eigenvalue weighted by Crippen LogP contribution is 2.20. The summed E-state index contributed by atoms with van der Waals surface area (Å²) >= 11 is 5.74. The highest BCUT2D eigenvalue weighted by Gasteiger charge is 2.05. The van der Waals surface area contributed by atoms with Crippen LogP contribution in [0.3, 0.4) is 0 Å². The molecule has 110 valence electrons. The molecule has 0 spiro atoms. The molecule has 2 aromatic rings. The molecule has 21 heavy (non-hydrogen) atoms. The van der Waals surface area contributed by atoms with E-state index in [-0.39, 0.29) is 10.9 Å². The first-order chi connectivity index (χ1) is 10.1. The number of hydrogen-bond acceptors (Lipinski definition) is 2. The monoisotopic (exact) mass is 306 g/mol. The highest BCUT2D eigenvalue weighted by atomic mass is 35.5. The third-order valence-corrected chi connectivity index (χ3v) is 3.30. The van der Waals surface area contributed by atoms with E-state index in [0.29, 0.717) is 18.5 Å². The van der Waals surface area contributed by atoms with Crippen molar-refractivity contribution in [2.75, 3.05) is 10.6 Å². The fourth-order valence-corrected chi connectivity index (χ4v) is 2.00. The minimum Gasteiger partial charge on any atom is -0.381 e. The highest BCUT2D eigenvalue weighted by molar-refractivity contribution is 6.30. The molecular weight excluding hydrogens is 291 g/mol. The third kappa shape index (κ3) is 4.20. The van der Waals surface area contributed by atoms with E-state index in [1.165, 1.54) is 6.07 Å². The van der Waals surface area contributed by atoms with Crippen molar-refractivity contribution in [3.8, 4) is 0 Å². The smallest absolute Gasteiger partial charge is 0.224 e. The molecule has 5 heteroatoms. The minimum absolute atomic E-state index is 0.0308. The summed E-state index contributed by atoms with van der Waals surface area (Å²) in [6.45, 7) is 2.14. The molecule has 0 aromatic heterocycles. The summed E-state index contributed by atoms with van der Waals surface area (Å²) in [6, 6.07) is 12.2. The Bertz CT molecular complexity index is 629. The number of halogens is 2. The number of carbonyl (C=O) groups is 1. The zero-order valence-corrected chi connectivity index (χ0v) is 12.4. The van der Waals surface area contributed by atoms with E-state index in [0.717, 1.165) is 11.4 Å². The lowest BCUT2D eigenvalue weighted by molar-refractivity contribution is -0.115. The Balaban J connectivity index is 1.97. The maximum Gasteiger partial charge on any atom is 0.224 e. The standard InChI is InChI=1S/C16H16ClFN2O/c1-2-15(21)20-13-8-6-12(7-9-13)19-10-11-4-3-5-14(17)16(11)18/h3-9,19H,2,10H2,1H3,(H,20,21). The summed E-state index contributed by atoms with van der Waals surface area (Å²) in [5.41, 5.74) is 2.08. The molecule has 0 saturated carbocycles. The van der Waals surface area contributed by atoms with Crippen LogP contribution in [0.1, 0.15) is 18.9 Å². The second kappa shape index (κ2) is 7.09. The predicted octanol–water partition coefficient (Wildman–Crippen LogP) is 4.44. The topological polar surface area (TPSA) is 41.1 Å². The molecule has 0 bridgehead atoms. The Labute approximate surface area is 128 Å². The zero-order valence-electron chi connectivity index (χ0n) is 11.6. The molecule has 1 amide bonds. The number of anilines is 2. The largest absolute Gasteiger partial charge is 0.381 e. The van der Waals surface area contributed by atoms with Gasteiger partial charge in [0.2, 0.25) is 5.91 Å². The quantitative estimate of drug-likeness (QED) is 0.857. The van der Waals surface area contributed by atoms with Crippen molar-refractivity contribution in [2.24, 2.45) is 0 Å². The van der Waals surface area contributed by atoms with Crippen LogP contribution >= 0.6 is 11.6 Å². The molecule has 2 rings (SSSR count). The average Bonchev–Trinajstić information content (AvgIpc) is 2.50. The molecule has 0 unspecified atom stereocenters. The van der Waals surface area contributed by atoms with Gasteiger partial charge in [-0.1, -0.05) is 30.7 Å². The van der Waals surface area contributed by atoms with Gasteiger partial charge in [-0.2, -0.15) is 0 Å². The number of hydrogen-bond donors (Lipinski definition) is 2. The van der Waals surface area contributed by atoms with Crippen LogP contribution in [-0.2, 0) is 11.3 Å². The van der Waals surface area contributed by atoms with Crippen molar-refractivity contribution in [2.45, 2.75) is 19.9 Å². The molecule has 0 aliphatic heterocycles. The average molecular weight is 307 g/mol. The number of amides is 1. The Hall–Kier alpha value is -2.07. The number of nitrogens with one attached hydrogen (secondary N) is 2. The van der Waals surface area contributed by atoms with Crippen molar-refractivity contribution < 1.29 is 9.18 Å². The van der Waals surface area contributed by atoms with Gasteiger partial charge in [0.15, 0.2) is 0 Å². The molecule has 3 nitrogen and oxygen atoms in total. The van der Waals surface area contributed by atoms with Crippen molar-refractivity contribution in [3.63, 3.8) is 0 Å². The van der Waals surface area contributed by atoms with Gasteiger partial charge in [0, 0.05) is 29.9 Å². The second-order valence-corrected chi connectivity index (χ2v) is 4.95. The Morgan fingerprint density at radius 1 is 1.14 bits per heavy atom. The zero-order chi connectivity index (χ0) is 15.2. The van der Waals surface area contributed by atoms with Crippen LogP contribution in [0.4, 0.5) is 15.8 Å². The maximum atomic E-state index is 13.7. The van der Waals surface area contributed by atoms with Gasteiger partial charge in [-0.25, -0.2) is 4.39 Å². The van der Waals surface area contributed by atoms with Crippen LogP contribution in [0.5, 0.6) is 0 Å². The number of benzene rings is 2. The Kier molecular flexibility index (Phi) is 5.17. The fourth-order valence-electron chi connectivity index (χ4n) is 1.80. The SMILES string of the molecule is CCC(=O)Nc1ccc(NCc2cccc(Cl)c2F)cc1. The van der Waals surface area contributed by atoms with Crippen LogP contribution in [-0.4, -0.2) is 5.91 Å². The van der Waals surface area contributed by atoms with Gasteiger partial charge in [-0.3, -0.25) is 4.79 Å². The molecule has 0 radical (unpaired) electrons. The van der Waals surface area contributed by atoms with Gasteiger partial charge >= 0.3 is 0 Å². The molecule has 0 fully saturated rings. The van der Waals surface area contributed by atoms with Crippen LogP contribution in [0.15, 0.2) is 42.5 Å². The summed E-state index contributed by atoms with van der Waals surface area (Å²) in [5.74, 6) is -0.435. The molecule has 0 atom stereocenters. The summed E-state index contributed by atoms with van der Waals surface area (Å²) in [6.07, 6.45) is 0.439. The first-order valence-electron chi connectivity index (χ1n) is 6.67. The van der Waals surface area contributed by atoms with Gasteiger partial charge in [-0.15, -0.1) is 0 Å². The first-order valence-corrected chi connectivity index (χ1v) is 7.04. The second-order valence-electron chi connectivity index (χ2n) is 4.55. The third-order valence-electron chi connectivity index (χ3n) is 3.00. The maximum absolute atomic E-state index is 13.7. The van der Waals surface area contributed by atoms with Crippen molar-refractivity contribution in [1.82, 2.24) is 0 Å². The molecule has 0 saturated heterocycles. The normalized spacial score (nSPS) is 10.2. The fraction of sp³-hybridized carbons (Fsp3) is 0.188. The van der Waals surface area contributed by atoms with E-state index in [4.69, 9.17) is 11.6 Å².